The highest BCUT2D eigenvalue weighted by atomic mass is 35.5. The molecule has 0 heterocycles. The molecule has 6 heteroatoms. The third-order valence-electron chi connectivity index (χ3n) is 2.33. The van der Waals surface area contributed by atoms with Gasteiger partial charge in [0.1, 0.15) is 0 Å². The first kappa shape index (κ1) is 13.6. The minimum Gasteiger partial charge on any atom is -0.870 e. The molecule has 0 aliphatic carbocycles. The Kier molecular flexibility index (Phi) is 3.83. The highest BCUT2D eigenvalue weighted by Gasteiger charge is 2.06. The van der Waals surface area contributed by atoms with Crippen molar-refractivity contribution in [2.45, 2.75) is 0 Å². The van der Waals surface area contributed by atoms with Crippen LogP contribution in [0, 0.1) is 0 Å². The summed E-state index contributed by atoms with van der Waals surface area (Å²) < 4.78 is 0. The first-order chi connectivity index (χ1) is 8.40. The van der Waals surface area contributed by atoms with E-state index in [2.05, 4.69) is 0 Å². The lowest BCUT2D eigenvalue weighted by molar-refractivity contribution is -0.268. The lowest BCUT2D eigenvalue weighted by Crippen LogP contribution is -1.94. The molecule has 2 nitrogen and oxygen atoms in total. The van der Waals surface area contributed by atoms with Crippen LogP contribution in [0.5, 0.6) is 11.5 Å². The Hall–Kier alpha value is -0.800. The second-order valence-electron chi connectivity index (χ2n) is 3.54. The molecular weight excluding hydrogens is 318 g/mol. The number of benzene rings is 2. The van der Waals surface area contributed by atoms with Gasteiger partial charge in [0.15, 0.2) is 0 Å². The van der Waals surface area contributed by atoms with Crippen LogP contribution in [-0.4, -0.2) is 0 Å². The number of hydrogen-bond donors (Lipinski definition) is 0. The molecule has 2 aromatic rings. The Labute approximate surface area is 123 Å². The number of halogens is 4. The zero-order chi connectivity index (χ0) is 13.4. The van der Waals surface area contributed by atoms with Crippen molar-refractivity contribution in [2.75, 3.05) is 0 Å². The van der Waals surface area contributed by atoms with E-state index in [1.807, 2.05) is 0 Å². The molecule has 0 bridgehead atoms. The lowest BCUT2D eigenvalue weighted by Gasteiger charge is -2.16. The van der Waals surface area contributed by atoms with Crippen LogP contribution in [0.1, 0.15) is 0 Å². The first-order valence-electron chi connectivity index (χ1n) is 4.72. The maximum absolute atomic E-state index is 11.4. The van der Waals surface area contributed by atoms with E-state index in [4.69, 9.17) is 46.4 Å². The summed E-state index contributed by atoms with van der Waals surface area (Å²) in [6, 6.07) is 5.79. The molecule has 0 aliphatic rings. The van der Waals surface area contributed by atoms with Gasteiger partial charge in [0.2, 0.25) is 0 Å². The van der Waals surface area contributed by atoms with Crippen molar-refractivity contribution in [3.05, 3.63) is 44.4 Å². The van der Waals surface area contributed by atoms with E-state index in [1.165, 1.54) is 24.3 Å². The smallest absolute Gasteiger partial charge is 0.0348 e. The van der Waals surface area contributed by atoms with Crippen molar-refractivity contribution in [2.24, 2.45) is 0 Å². The Bertz CT molecular complexity index is 524. The molecule has 0 aliphatic heterocycles. The molecule has 0 N–H and O–H groups in total. The standard InChI is InChI=1S/C12H6Cl4O2/c13-7-1-5(2-8(14)11(7)17)6-3-9(15)12(18)10(16)4-6/h1-4,17-18H/p-2. The van der Waals surface area contributed by atoms with Crippen molar-refractivity contribution in [1.29, 1.82) is 0 Å². The van der Waals surface area contributed by atoms with E-state index in [0.717, 1.165) is 0 Å². The largest absolute Gasteiger partial charge is 0.870 e. The fraction of sp³-hybridized carbons (Fsp3) is 0. The SMILES string of the molecule is [O-]c1c(Cl)cc(-c2cc(Cl)c([O-])c(Cl)c2)cc1Cl. The molecule has 0 amide bonds. The van der Waals surface area contributed by atoms with E-state index in [9.17, 15) is 10.2 Å². The highest BCUT2D eigenvalue weighted by Crippen LogP contribution is 2.38. The molecule has 0 saturated heterocycles. The molecule has 2 rings (SSSR count). The lowest BCUT2D eigenvalue weighted by atomic mass is 10.1. The van der Waals surface area contributed by atoms with Gasteiger partial charge in [0.25, 0.3) is 0 Å². The summed E-state index contributed by atoms with van der Waals surface area (Å²) in [5, 5.41) is 22.7. The molecule has 0 radical (unpaired) electrons. The summed E-state index contributed by atoms with van der Waals surface area (Å²) >= 11 is 23.0. The van der Waals surface area contributed by atoms with Gasteiger partial charge < -0.3 is 10.2 Å². The average Bonchev–Trinajstić information content (AvgIpc) is 2.31. The van der Waals surface area contributed by atoms with Gasteiger partial charge in [-0.1, -0.05) is 57.9 Å². The van der Waals surface area contributed by atoms with Crippen LogP contribution in [-0.2, 0) is 0 Å². The molecule has 0 atom stereocenters. The molecule has 94 valence electrons. The van der Waals surface area contributed by atoms with Crippen molar-refractivity contribution in [3.8, 4) is 22.6 Å². The predicted octanol–water partition coefficient (Wildman–Crippen LogP) is 4.11. The minimum absolute atomic E-state index is 0.00375. The van der Waals surface area contributed by atoms with Crippen LogP contribution in [0.3, 0.4) is 0 Å². The summed E-state index contributed by atoms with van der Waals surface area (Å²) in [6.45, 7) is 0. The van der Waals surface area contributed by atoms with Gasteiger partial charge in [-0.15, -0.1) is 0 Å². The average molecular weight is 322 g/mol. The van der Waals surface area contributed by atoms with E-state index in [-0.39, 0.29) is 20.1 Å². The van der Waals surface area contributed by atoms with Crippen LogP contribution in [0.4, 0.5) is 0 Å². The van der Waals surface area contributed by atoms with E-state index >= 15 is 0 Å². The summed E-state index contributed by atoms with van der Waals surface area (Å²) in [4.78, 5) is 0. The molecule has 18 heavy (non-hydrogen) atoms. The van der Waals surface area contributed by atoms with Gasteiger partial charge in [-0.2, -0.15) is 0 Å². The van der Waals surface area contributed by atoms with Crippen LogP contribution < -0.4 is 10.2 Å². The maximum atomic E-state index is 11.4. The fourth-order valence-electron chi connectivity index (χ4n) is 1.45. The van der Waals surface area contributed by atoms with Gasteiger partial charge >= 0.3 is 0 Å². The predicted molar refractivity (Wildman–Crippen MR) is 70.8 cm³/mol. The molecule has 0 unspecified atom stereocenters. The Morgan fingerprint density at radius 3 is 1.00 bits per heavy atom. The van der Waals surface area contributed by atoms with Crippen LogP contribution in [0.25, 0.3) is 11.1 Å². The fourth-order valence-corrected chi connectivity index (χ4v) is 2.43. The Morgan fingerprint density at radius 2 is 0.778 bits per heavy atom. The van der Waals surface area contributed by atoms with Crippen molar-refractivity contribution < 1.29 is 10.2 Å². The number of rotatable bonds is 1. The molecule has 2 aromatic carbocycles. The summed E-state index contributed by atoms with van der Waals surface area (Å²) in [5.74, 6) is -0.889. The van der Waals surface area contributed by atoms with Gasteiger partial charge in [0, 0.05) is 20.1 Å². The second-order valence-corrected chi connectivity index (χ2v) is 5.17. The third kappa shape index (κ3) is 2.47. The normalized spacial score (nSPS) is 10.7. The maximum Gasteiger partial charge on any atom is 0.0348 e. The summed E-state index contributed by atoms with van der Waals surface area (Å²) in [6.07, 6.45) is 0. The van der Waals surface area contributed by atoms with Crippen molar-refractivity contribution in [1.82, 2.24) is 0 Å². The van der Waals surface area contributed by atoms with Crippen molar-refractivity contribution in [3.63, 3.8) is 0 Å². The quantitative estimate of drug-likeness (QED) is 0.793. The van der Waals surface area contributed by atoms with Crippen LogP contribution in [0.2, 0.25) is 20.1 Å². The van der Waals surface area contributed by atoms with Gasteiger partial charge in [-0.05, 0) is 35.4 Å². The highest BCUT2D eigenvalue weighted by molar-refractivity contribution is 6.38. The molecule has 0 spiro atoms. The van der Waals surface area contributed by atoms with Crippen LogP contribution >= 0.6 is 46.4 Å². The Balaban J connectivity index is 2.63. The second kappa shape index (κ2) is 5.06. The number of hydrogen-bond acceptors (Lipinski definition) is 2. The monoisotopic (exact) mass is 320 g/mol. The molecular formula is C12H4Cl4O2-2. The van der Waals surface area contributed by atoms with E-state index in [0.29, 0.717) is 11.1 Å². The molecule has 0 saturated carbocycles. The zero-order valence-electron chi connectivity index (χ0n) is 8.64. The Morgan fingerprint density at radius 1 is 0.556 bits per heavy atom. The van der Waals surface area contributed by atoms with Gasteiger partial charge in [-0.3, -0.25) is 0 Å². The molecule has 0 aromatic heterocycles. The van der Waals surface area contributed by atoms with E-state index in [1.54, 1.807) is 0 Å². The zero-order valence-corrected chi connectivity index (χ0v) is 11.7. The molecule has 0 fully saturated rings. The summed E-state index contributed by atoms with van der Waals surface area (Å²) in [5.41, 5.74) is 1.13. The van der Waals surface area contributed by atoms with Gasteiger partial charge in [-0.25, -0.2) is 0 Å². The third-order valence-corrected chi connectivity index (χ3v) is 3.45. The van der Waals surface area contributed by atoms with Crippen molar-refractivity contribution >= 4 is 46.4 Å². The summed E-state index contributed by atoms with van der Waals surface area (Å²) in [7, 11) is 0. The topological polar surface area (TPSA) is 46.1 Å². The van der Waals surface area contributed by atoms with Gasteiger partial charge in [0.05, 0.1) is 0 Å². The minimum atomic E-state index is -0.445. The first-order valence-corrected chi connectivity index (χ1v) is 6.24. The van der Waals surface area contributed by atoms with Crippen LogP contribution in [0.15, 0.2) is 24.3 Å². The van der Waals surface area contributed by atoms with E-state index < -0.39 is 11.5 Å².